The predicted octanol–water partition coefficient (Wildman–Crippen LogP) is 3.18. The van der Waals surface area contributed by atoms with Crippen LogP contribution in [-0.4, -0.2) is 26.3 Å². The average molecular weight is 405 g/mol. The van der Waals surface area contributed by atoms with E-state index in [0.29, 0.717) is 24.4 Å². The summed E-state index contributed by atoms with van der Waals surface area (Å²) in [6.45, 7) is 3.86. The van der Waals surface area contributed by atoms with Crippen molar-refractivity contribution in [1.29, 1.82) is 0 Å². The lowest BCUT2D eigenvalue weighted by Gasteiger charge is -2.25. The molecule has 0 amide bonds. The summed E-state index contributed by atoms with van der Waals surface area (Å²) in [6.07, 6.45) is 2.45. The van der Waals surface area contributed by atoms with Gasteiger partial charge >= 0.3 is 5.97 Å². The van der Waals surface area contributed by atoms with E-state index in [2.05, 4.69) is 31.4 Å². The highest BCUT2D eigenvalue weighted by molar-refractivity contribution is 9.10. The quantitative estimate of drug-likeness (QED) is 0.765. The molecule has 3 rings (SSSR count). The Labute approximate surface area is 152 Å². The number of halogens is 1. The Kier molecular flexibility index (Phi) is 4.71. The molecule has 1 unspecified atom stereocenters. The van der Waals surface area contributed by atoms with E-state index in [9.17, 15) is 9.59 Å². The van der Waals surface area contributed by atoms with Crippen molar-refractivity contribution in [2.45, 2.75) is 32.7 Å². The van der Waals surface area contributed by atoms with Gasteiger partial charge in [-0.15, -0.1) is 0 Å². The van der Waals surface area contributed by atoms with E-state index in [4.69, 9.17) is 5.11 Å². The van der Waals surface area contributed by atoms with E-state index < -0.39 is 11.5 Å². The average Bonchev–Trinajstić information content (AvgIpc) is 2.57. The third-order valence-electron chi connectivity index (χ3n) is 4.20. The van der Waals surface area contributed by atoms with Crippen LogP contribution in [0, 0.1) is 6.92 Å². The number of rotatable bonds is 3. The van der Waals surface area contributed by atoms with Gasteiger partial charge in [-0.2, -0.15) is 5.10 Å². The molecule has 2 N–H and O–H groups in total. The van der Waals surface area contributed by atoms with Crippen molar-refractivity contribution in [3.05, 3.63) is 56.2 Å². The number of benzene rings is 1. The maximum atomic E-state index is 12.4. The van der Waals surface area contributed by atoms with E-state index in [1.165, 1.54) is 4.57 Å². The molecule has 0 fully saturated rings. The fraction of sp³-hybridized carbons (Fsp3) is 0.294. The van der Waals surface area contributed by atoms with Gasteiger partial charge in [0.1, 0.15) is 11.3 Å². The van der Waals surface area contributed by atoms with Gasteiger partial charge in [0.15, 0.2) is 5.82 Å². The van der Waals surface area contributed by atoms with Crippen molar-refractivity contribution in [2.24, 2.45) is 5.10 Å². The fourth-order valence-corrected chi connectivity index (χ4v) is 3.02. The number of aromatic carboxylic acids is 1. The second-order valence-corrected chi connectivity index (χ2v) is 6.85. The number of anilines is 1. The molecule has 0 radical (unpaired) electrons. The van der Waals surface area contributed by atoms with Gasteiger partial charge in [-0.3, -0.25) is 14.8 Å². The first-order valence-electron chi connectivity index (χ1n) is 7.82. The summed E-state index contributed by atoms with van der Waals surface area (Å²) in [7, 11) is 0. The van der Waals surface area contributed by atoms with E-state index in [0.717, 1.165) is 21.9 Å². The second-order valence-electron chi connectivity index (χ2n) is 6.00. The minimum atomic E-state index is -1.27. The lowest BCUT2D eigenvalue weighted by atomic mass is 10.0. The number of carboxylic acid groups (broad SMARTS) is 1. The number of fused-ring (bicyclic) bond motifs is 1. The molecule has 1 atom stereocenters. The van der Waals surface area contributed by atoms with E-state index in [1.54, 1.807) is 0 Å². The Bertz CT molecular complexity index is 936. The molecule has 2 aromatic rings. The normalized spacial score (nSPS) is 18.0. The summed E-state index contributed by atoms with van der Waals surface area (Å²) < 4.78 is 2.43. The number of hydrogen-bond donors (Lipinski definition) is 2. The number of aryl methyl sites for hydroxylation is 1. The Morgan fingerprint density at radius 1 is 1.48 bits per heavy atom. The summed E-state index contributed by atoms with van der Waals surface area (Å²) in [6, 6.07) is 5.65. The topological polar surface area (TPSA) is 96.6 Å². The molecule has 0 saturated carbocycles. The van der Waals surface area contributed by atoms with Crippen LogP contribution in [0.4, 0.5) is 5.69 Å². The van der Waals surface area contributed by atoms with Crippen molar-refractivity contribution in [2.75, 3.05) is 5.43 Å². The Balaban J connectivity index is 1.99. The standard InChI is InChI=1S/C17H17BrN4O3/c1-9-7-11(4-5-13(9)18)20-21-14-6-3-10(2)22-15(14)19-8-12(16(22)23)17(24)25/h4-5,7-8,10,20H,3,6H2,1-2H3,(H,24,25). The van der Waals surface area contributed by atoms with Crippen LogP contribution >= 0.6 is 15.9 Å². The summed E-state index contributed by atoms with van der Waals surface area (Å²) in [5, 5.41) is 13.5. The van der Waals surface area contributed by atoms with Crippen LogP contribution in [0.5, 0.6) is 0 Å². The Hall–Kier alpha value is -2.48. The van der Waals surface area contributed by atoms with Crippen LogP contribution in [0.15, 0.2) is 38.8 Å². The first kappa shape index (κ1) is 17.3. The predicted molar refractivity (Wildman–Crippen MR) is 98.4 cm³/mol. The third kappa shape index (κ3) is 3.34. The molecule has 0 spiro atoms. The number of hydrazone groups is 1. The van der Waals surface area contributed by atoms with Crippen molar-refractivity contribution in [1.82, 2.24) is 9.55 Å². The van der Waals surface area contributed by atoms with Gasteiger partial charge in [0.25, 0.3) is 5.56 Å². The fourth-order valence-electron chi connectivity index (χ4n) is 2.78. The first-order chi connectivity index (χ1) is 11.9. The molecule has 1 aliphatic rings. The van der Waals surface area contributed by atoms with Gasteiger partial charge in [0.05, 0.1) is 5.69 Å². The van der Waals surface area contributed by atoms with Gasteiger partial charge < -0.3 is 5.11 Å². The SMILES string of the molecule is Cc1cc(NN=C2CCC(C)n3c2ncc(C(=O)O)c3=O)ccc1Br. The molecular weight excluding hydrogens is 388 g/mol. The molecule has 1 aliphatic heterocycles. The maximum Gasteiger partial charge on any atom is 0.342 e. The molecule has 8 heteroatoms. The van der Waals surface area contributed by atoms with Gasteiger partial charge in [0, 0.05) is 16.7 Å². The zero-order valence-corrected chi connectivity index (χ0v) is 15.4. The highest BCUT2D eigenvalue weighted by Crippen LogP contribution is 2.23. The van der Waals surface area contributed by atoms with E-state index >= 15 is 0 Å². The monoisotopic (exact) mass is 404 g/mol. The van der Waals surface area contributed by atoms with Crippen molar-refractivity contribution in [3.63, 3.8) is 0 Å². The minimum absolute atomic E-state index is 0.122. The van der Waals surface area contributed by atoms with Gasteiger partial charge in [-0.05, 0) is 50.5 Å². The zero-order chi connectivity index (χ0) is 18.1. The molecule has 1 aromatic carbocycles. The van der Waals surface area contributed by atoms with Crippen LogP contribution in [0.2, 0.25) is 0 Å². The van der Waals surface area contributed by atoms with Crippen LogP contribution in [-0.2, 0) is 0 Å². The summed E-state index contributed by atoms with van der Waals surface area (Å²) in [4.78, 5) is 27.8. The smallest absolute Gasteiger partial charge is 0.342 e. The highest BCUT2D eigenvalue weighted by Gasteiger charge is 2.26. The largest absolute Gasteiger partial charge is 0.477 e. The molecule has 1 aromatic heterocycles. The van der Waals surface area contributed by atoms with E-state index in [-0.39, 0.29) is 11.6 Å². The highest BCUT2D eigenvalue weighted by atomic mass is 79.9. The molecule has 7 nitrogen and oxygen atoms in total. The van der Waals surface area contributed by atoms with Crippen molar-refractivity contribution in [3.8, 4) is 0 Å². The number of nitrogens with zero attached hydrogens (tertiary/aromatic N) is 3. The number of nitrogens with one attached hydrogen (secondary N) is 1. The number of carboxylic acids is 1. The maximum absolute atomic E-state index is 12.4. The summed E-state index contributed by atoms with van der Waals surface area (Å²) >= 11 is 3.45. The first-order valence-corrected chi connectivity index (χ1v) is 8.61. The van der Waals surface area contributed by atoms with Crippen molar-refractivity contribution < 1.29 is 9.90 Å². The van der Waals surface area contributed by atoms with Crippen LogP contribution in [0.3, 0.4) is 0 Å². The lowest BCUT2D eigenvalue weighted by Crippen LogP contribution is -2.37. The Morgan fingerprint density at radius 3 is 2.92 bits per heavy atom. The van der Waals surface area contributed by atoms with Crippen LogP contribution in [0.25, 0.3) is 0 Å². The number of carbonyl (C=O) groups is 1. The van der Waals surface area contributed by atoms with Gasteiger partial charge in [-0.25, -0.2) is 9.78 Å². The molecule has 25 heavy (non-hydrogen) atoms. The third-order valence-corrected chi connectivity index (χ3v) is 5.09. The van der Waals surface area contributed by atoms with Crippen LogP contribution in [0.1, 0.15) is 47.6 Å². The van der Waals surface area contributed by atoms with Crippen molar-refractivity contribution >= 4 is 33.3 Å². The molecule has 0 bridgehead atoms. The molecule has 0 saturated heterocycles. The lowest BCUT2D eigenvalue weighted by molar-refractivity contribution is 0.0693. The number of aromatic nitrogens is 2. The molecule has 130 valence electrons. The minimum Gasteiger partial charge on any atom is -0.477 e. The van der Waals surface area contributed by atoms with Crippen LogP contribution < -0.4 is 11.0 Å². The molecule has 2 heterocycles. The number of hydrogen-bond acceptors (Lipinski definition) is 5. The summed E-state index contributed by atoms with van der Waals surface area (Å²) in [5.74, 6) is -0.859. The van der Waals surface area contributed by atoms with Gasteiger partial charge in [-0.1, -0.05) is 15.9 Å². The van der Waals surface area contributed by atoms with E-state index in [1.807, 2.05) is 32.0 Å². The Morgan fingerprint density at radius 2 is 2.24 bits per heavy atom. The second kappa shape index (κ2) is 6.79. The molecule has 0 aliphatic carbocycles. The summed E-state index contributed by atoms with van der Waals surface area (Å²) in [5.41, 5.74) is 4.65. The zero-order valence-electron chi connectivity index (χ0n) is 13.8. The molecular formula is C17H17BrN4O3. The van der Waals surface area contributed by atoms with Gasteiger partial charge in [0.2, 0.25) is 0 Å².